The fraction of sp³-hybridized carbons (Fsp3) is 0.273. The van der Waals surface area contributed by atoms with Crippen molar-refractivity contribution in [1.29, 1.82) is 0 Å². The van der Waals surface area contributed by atoms with Crippen LogP contribution < -0.4 is 15.8 Å². The van der Waals surface area contributed by atoms with Gasteiger partial charge in [0.2, 0.25) is 0 Å². The summed E-state index contributed by atoms with van der Waals surface area (Å²) in [6.07, 6.45) is -4.52. The Labute approximate surface area is 111 Å². The van der Waals surface area contributed by atoms with Gasteiger partial charge in [-0.15, -0.1) is 0 Å². The van der Waals surface area contributed by atoms with E-state index in [1.807, 2.05) is 0 Å². The van der Waals surface area contributed by atoms with Crippen molar-refractivity contribution in [3.63, 3.8) is 0 Å². The Morgan fingerprint density at radius 1 is 1.35 bits per heavy atom. The molecule has 0 bridgehead atoms. The third-order valence-electron chi connectivity index (χ3n) is 2.08. The molecule has 0 saturated carbocycles. The van der Waals surface area contributed by atoms with Gasteiger partial charge in [-0.25, -0.2) is 4.79 Å². The standard InChI is InChI=1S/C11H11F3N2O4/c12-11(13,14)5-16-9(17)4-20-8-2-1-6(15)3-7(8)10(18)19/h1-3H,4-5,15H2,(H,16,17)(H,18,19). The molecule has 1 amide bonds. The number of amides is 1. The summed E-state index contributed by atoms with van der Waals surface area (Å²) in [6, 6.07) is 3.68. The predicted octanol–water partition coefficient (Wildman–Crippen LogP) is 1.02. The first-order chi connectivity index (χ1) is 9.19. The van der Waals surface area contributed by atoms with Crippen LogP contribution in [0.5, 0.6) is 5.75 Å². The number of rotatable bonds is 5. The van der Waals surface area contributed by atoms with Gasteiger partial charge in [0.15, 0.2) is 6.61 Å². The van der Waals surface area contributed by atoms with Crippen LogP contribution >= 0.6 is 0 Å². The van der Waals surface area contributed by atoms with Gasteiger partial charge >= 0.3 is 12.1 Å². The van der Waals surface area contributed by atoms with Crippen LogP contribution in [0.1, 0.15) is 10.4 Å². The molecule has 6 nitrogen and oxygen atoms in total. The molecule has 20 heavy (non-hydrogen) atoms. The molecule has 1 rings (SSSR count). The molecule has 0 spiro atoms. The maximum absolute atomic E-state index is 11.8. The van der Waals surface area contributed by atoms with Crippen LogP contribution in [-0.2, 0) is 4.79 Å². The number of nitrogens with one attached hydrogen (secondary N) is 1. The lowest BCUT2D eigenvalue weighted by atomic mass is 10.2. The molecule has 1 aromatic rings. The maximum atomic E-state index is 11.8. The lowest BCUT2D eigenvalue weighted by Crippen LogP contribution is -2.36. The monoisotopic (exact) mass is 292 g/mol. The molecule has 0 unspecified atom stereocenters. The Morgan fingerprint density at radius 3 is 2.55 bits per heavy atom. The quantitative estimate of drug-likeness (QED) is 0.703. The SMILES string of the molecule is Nc1ccc(OCC(=O)NCC(F)(F)F)c(C(=O)O)c1. The molecule has 0 aliphatic rings. The summed E-state index contributed by atoms with van der Waals surface area (Å²) in [5.41, 5.74) is 5.29. The third-order valence-corrected chi connectivity index (χ3v) is 2.08. The van der Waals surface area contributed by atoms with Crippen molar-refractivity contribution >= 4 is 17.6 Å². The maximum Gasteiger partial charge on any atom is 0.405 e. The van der Waals surface area contributed by atoms with Crippen LogP contribution in [0.3, 0.4) is 0 Å². The topological polar surface area (TPSA) is 102 Å². The number of anilines is 1. The van der Waals surface area contributed by atoms with Crippen molar-refractivity contribution in [3.05, 3.63) is 23.8 Å². The van der Waals surface area contributed by atoms with Crippen LogP contribution in [0, 0.1) is 0 Å². The summed E-state index contributed by atoms with van der Waals surface area (Å²) in [4.78, 5) is 22.0. The van der Waals surface area contributed by atoms with E-state index in [0.717, 1.165) is 6.07 Å². The number of aromatic carboxylic acids is 1. The number of benzene rings is 1. The number of carbonyl (C=O) groups is 2. The number of carboxylic acids is 1. The Morgan fingerprint density at radius 2 is 2.00 bits per heavy atom. The van der Waals surface area contributed by atoms with Crippen molar-refractivity contribution in [2.24, 2.45) is 0 Å². The van der Waals surface area contributed by atoms with E-state index in [0.29, 0.717) is 0 Å². The first-order valence-corrected chi connectivity index (χ1v) is 5.28. The van der Waals surface area contributed by atoms with E-state index in [1.165, 1.54) is 12.1 Å². The smallest absolute Gasteiger partial charge is 0.405 e. The molecule has 110 valence electrons. The highest BCUT2D eigenvalue weighted by molar-refractivity contribution is 5.92. The van der Waals surface area contributed by atoms with Crippen molar-refractivity contribution in [1.82, 2.24) is 5.32 Å². The van der Waals surface area contributed by atoms with Gasteiger partial charge in [-0.05, 0) is 18.2 Å². The second-order valence-corrected chi connectivity index (χ2v) is 3.74. The summed E-state index contributed by atoms with van der Waals surface area (Å²) in [5.74, 6) is -2.51. The second kappa shape index (κ2) is 6.13. The summed E-state index contributed by atoms with van der Waals surface area (Å²) in [6.45, 7) is -2.22. The lowest BCUT2D eigenvalue weighted by molar-refractivity contribution is -0.139. The van der Waals surface area contributed by atoms with E-state index in [1.54, 1.807) is 5.32 Å². The summed E-state index contributed by atoms with van der Waals surface area (Å²) in [5, 5.41) is 10.5. The highest BCUT2D eigenvalue weighted by Gasteiger charge is 2.27. The van der Waals surface area contributed by atoms with Crippen LogP contribution in [0.2, 0.25) is 0 Å². The van der Waals surface area contributed by atoms with Gasteiger partial charge in [0.05, 0.1) is 0 Å². The van der Waals surface area contributed by atoms with Crippen molar-refractivity contribution in [3.8, 4) is 5.75 Å². The van der Waals surface area contributed by atoms with Gasteiger partial charge in [0.25, 0.3) is 5.91 Å². The largest absolute Gasteiger partial charge is 0.483 e. The van der Waals surface area contributed by atoms with E-state index < -0.39 is 31.2 Å². The molecule has 0 aromatic heterocycles. The highest BCUT2D eigenvalue weighted by Crippen LogP contribution is 2.21. The number of halogens is 3. The molecule has 0 radical (unpaired) electrons. The van der Waals surface area contributed by atoms with Crippen LogP contribution in [-0.4, -0.2) is 36.3 Å². The first kappa shape index (κ1) is 15.6. The normalized spacial score (nSPS) is 10.9. The summed E-state index contributed by atoms with van der Waals surface area (Å²) >= 11 is 0. The number of hydrogen-bond donors (Lipinski definition) is 3. The molecule has 0 saturated heterocycles. The zero-order valence-electron chi connectivity index (χ0n) is 10.0. The predicted molar refractivity (Wildman–Crippen MR) is 62.4 cm³/mol. The summed E-state index contributed by atoms with van der Waals surface area (Å²) in [7, 11) is 0. The number of ether oxygens (including phenoxy) is 1. The minimum absolute atomic E-state index is 0.158. The molecule has 0 aliphatic carbocycles. The Balaban J connectivity index is 2.62. The van der Waals surface area contributed by atoms with Crippen molar-refractivity contribution in [2.45, 2.75) is 6.18 Å². The summed E-state index contributed by atoms with van der Waals surface area (Å²) < 4.78 is 40.4. The molecule has 0 heterocycles. The van der Waals surface area contributed by atoms with E-state index >= 15 is 0 Å². The highest BCUT2D eigenvalue weighted by atomic mass is 19.4. The van der Waals surface area contributed by atoms with Gasteiger partial charge in [-0.1, -0.05) is 0 Å². The van der Waals surface area contributed by atoms with E-state index in [4.69, 9.17) is 15.6 Å². The minimum Gasteiger partial charge on any atom is -0.483 e. The van der Waals surface area contributed by atoms with Crippen molar-refractivity contribution < 1.29 is 32.6 Å². The molecule has 9 heteroatoms. The lowest BCUT2D eigenvalue weighted by Gasteiger charge is -2.11. The number of carboxylic acid groups (broad SMARTS) is 1. The molecule has 1 aromatic carbocycles. The zero-order valence-corrected chi connectivity index (χ0v) is 10.0. The molecule has 4 N–H and O–H groups in total. The first-order valence-electron chi connectivity index (χ1n) is 5.28. The Hall–Kier alpha value is -2.45. The van der Waals surface area contributed by atoms with Crippen LogP contribution in [0.25, 0.3) is 0 Å². The minimum atomic E-state index is -4.52. The number of nitrogen functional groups attached to an aromatic ring is 1. The Kier molecular flexibility index (Phi) is 4.78. The molecule has 0 atom stereocenters. The number of nitrogens with two attached hydrogens (primary N) is 1. The number of alkyl halides is 3. The van der Waals surface area contributed by atoms with Gasteiger partial charge in [0, 0.05) is 5.69 Å². The average Bonchev–Trinajstić information content (AvgIpc) is 2.33. The fourth-order valence-corrected chi connectivity index (χ4v) is 1.23. The van der Waals surface area contributed by atoms with E-state index in [9.17, 15) is 22.8 Å². The van der Waals surface area contributed by atoms with Gasteiger partial charge in [-0.2, -0.15) is 13.2 Å². The van der Waals surface area contributed by atoms with Crippen molar-refractivity contribution in [2.75, 3.05) is 18.9 Å². The van der Waals surface area contributed by atoms with Gasteiger partial charge < -0.3 is 20.9 Å². The van der Waals surface area contributed by atoms with Crippen LogP contribution in [0.15, 0.2) is 18.2 Å². The molecule has 0 fully saturated rings. The molecular formula is C11H11F3N2O4. The van der Waals surface area contributed by atoms with Crippen LogP contribution in [0.4, 0.5) is 18.9 Å². The fourth-order valence-electron chi connectivity index (χ4n) is 1.23. The van der Waals surface area contributed by atoms with Gasteiger partial charge in [0.1, 0.15) is 17.9 Å². The number of hydrogen-bond acceptors (Lipinski definition) is 4. The molecular weight excluding hydrogens is 281 g/mol. The van der Waals surface area contributed by atoms with E-state index in [-0.39, 0.29) is 17.0 Å². The third kappa shape index (κ3) is 5.04. The second-order valence-electron chi connectivity index (χ2n) is 3.74. The van der Waals surface area contributed by atoms with Gasteiger partial charge in [-0.3, -0.25) is 4.79 Å². The number of carbonyl (C=O) groups excluding carboxylic acids is 1. The Bertz CT molecular complexity index is 517. The van der Waals surface area contributed by atoms with E-state index in [2.05, 4.69) is 0 Å². The molecule has 0 aliphatic heterocycles. The average molecular weight is 292 g/mol. The zero-order chi connectivity index (χ0) is 15.3.